The summed E-state index contributed by atoms with van der Waals surface area (Å²) in [4.78, 5) is 10.9. The van der Waals surface area contributed by atoms with Gasteiger partial charge >= 0.3 is 0 Å². The van der Waals surface area contributed by atoms with Crippen molar-refractivity contribution in [2.75, 3.05) is 13.7 Å². The van der Waals surface area contributed by atoms with Crippen molar-refractivity contribution in [3.63, 3.8) is 0 Å². The van der Waals surface area contributed by atoms with Gasteiger partial charge in [-0.15, -0.1) is 0 Å². The maximum absolute atomic E-state index is 10.9. The van der Waals surface area contributed by atoms with Gasteiger partial charge < -0.3 is 10.1 Å². The molecule has 10 heavy (non-hydrogen) atoms. The van der Waals surface area contributed by atoms with E-state index in [1.807, 2.05) is 0 Å². The van der Waals surface area contributed by atoms with E-state index >= 15 is 0 Å². The average molecular weight is 144 g/mol. The predicted octanol–water partition coefficient (Wildman–Crippen LogP) is 0.362. The lowest BCUT2D eigenvalue weighted by molar-refractivity contribution is -0.129. The first kappa shape index (κ1) is 9.43. The molecule has 0 saturated carbocycles. The quantitative estimate of drug-likeness (QED) is 0.618. The lowest BCUT2D eigenvalue weighted by Gasteiger charge is -2.08. The van der Waals surface area contributed by atoms with Crippen LogP contribution >= 0.6 is 0 Å². The molecule has 0 heterocycles. The lowest BCUT2D eigenvalue weighted by Crippen LogP contribution is -2.34. The molecule has 0 aliphatic carbocycles. The normalized spacial score (nSPS) is 12.7. The molecule has 0 rings (SSSR count). The number of hydrogen-bond acceptors (Lipinski definition) is 2. The molecule has 3 heteroatoms. The zero-order valence-corrected chi connectivity index (χ0v) is 6.52. The summed E-state index contributed by atoms with van der Waals surface area (Å²) in [6.45, 7) is 5.91. The third kappa shape index (κ3) is 3.45. The molecule has 0 fully saturated rings. The predicted molar refractivity (Wildman–Crippen MR) is 39.5 cm³/mol. The molecule has 0 aliphatic heterocycles. The Morgan fingerprint density at radius 1 is 1.80 bits per heavy atom. The Bertz CT molecular complexity index is 104. The van der Waals surface area contributed by atoms with Gasteiger partial charge in [-0.2, -0.15) is 0 Å². The van der Waals surface area contributed by atoms with E-state index in [1.165, 1.54) is 7.11 Å². The Balaban J connectivity index is 3.42. The van der Waals surface area contributed by atoms with Crippen molar-refractivity contribution in [2.24, 2.45) is 0 Å². The third-order valence-corrected chi connectivity index (χ3v) is 1.20. The van der Waals surface area contributed by atoms with Gasteiger partial charge in [0.05, 0.1) is 0 Å². The Hall–Kier alpha value is -0.570. The summed E-state index contributed by atoms with van der Waals surface area (Å²) in [6, 6.07) is 0. The van der Waals surface area contributed by atoms with Gasteiger partial charge in [0.2, 0.25) is 5.91 Å². The van der Waals surface area contributed by atoms with Gasteiger partial charge in [-0.25, -0.2) is 0 Å². The molecule has 1 atom stereocenters. The molecule has 0 saturated heterocycles. The largest absolute Gasteiger partial charge is 0.372 e. The zero-order valence-electron chi connectivity index (χ0n) is 6.52. The molecule has 0 aromatic rings. The summed E-state index contributed by atoms with van der Waals surface area (Å²) in [5, 5.41) is 2.66. The van der Waals surface area contributed by atoms with Crippen molar-refractivity contribution in [1.29, 1.82) is 0 Å². The highest BCUT2D eigenvalue weighted by molar-refractivity contribution is 5.80. The molecule has 1 N–H and O–H groups in total. The maximum Gasteiger partial charge on any atom is 0.248 e. The smallest absolute Gasteiger partial charge is 0.248 e. The first-order chi connectivity index (χ1) is 4.72. The van der Waals surface area contributed by atoms with Crippen molar-refractivity contribution in [3.05, 3.63) is 6.92 Å². The fraction of sp³-hybridized carbons (Fsp3) is 0.714. The van der Waals surface area contributed by atoms with Crippen LogP contribution < -0.4 is 5.32 Å². The maximum atomic E-state index is 10.9. The topological polar surface area (TPSA) is 38.3 Å². The second-order valence-electron chi connectivity index (χ2n) is 2.02. The van der Waals surface area contributed by atoms with E-state index in [0.29, 0.717) is 13.0 Å². The van der Waals surface area contributed by atoms with Crippen molar-refractivity contribution < 1.29 is 9.53 Å². The van der Waals surface area contributed by atoms with Crippen LogP contribution in [0, 0.1) is 6.92 Å². The van der Waals surface area contributed by atoms with Crippen LogP contribution in [0.1, 0.15) is 13.3 Å². The van der Waals surface area contributed by atoms with Crippen molar-refractivity contribution in [3.8, 4) is 0 Å². The molecule has 1 amide bonds. The van der Waals surface area contributed by atoms with Crippen molar-refractivity contribution in [1.82, 2.24) is 5.32 Å². The Morgan fingerprint density at radius 3 is 2.80 bits per heavy atom. The molecular weight excluding hydrogens is 130 g/mol. The summed E-state index contributed by atoms with van der Waals surface area (Å²) in [5.41, 5.74) is 0. The molecule has 3 nitrogen and oxygen atoms in total. The monoisotopic (exact) mass is 144 g/mol. The van der Waals surface area contributed by atoms with E-state index in [2.05, 4.69) is 12.2 Å². The molecule has 0 spiro atoms. The fourth-order valence-corrected chi connectivity index (χ4v) is 0.462. The van der Waals surface area contributed by atoms with E-state index in [4.69, 9.17) is 4.74 Å². The van der Waals surface area contributed by atoms with Gasteiger partial charge in [0.1, 0.15) is 6.10 Å². The van der Waals surface area contributed by atoms with Gasteiger partial charge in [0.15, 0.2) is 0 Å². The second-order valence-corrected chi connectivity index (χ2v) is 2.02. The fourth-order valence-electron chi connectivity index (χ4n) is 0.462. The number of carbonyl (C=O) groups is 1. The standard InChI is InChI=1S/C7H14NO2/c1-4-5-8-7(9)6(2)10-3/h6H,1,4-5H2,2-3H3,(H,8,9). The average Bonchev–Trinajstić information content (AvgIpc) is 1.98. The summed E-state index contributed by atoms with van der Waals surface area (Å²) in [6.07, 6.45) is 0.355. The lowest BCUT2D eigenvalue weighted by atomic mass is 10.3. The number of methoxy groups -OCH3 is 1. The minimum absolute atomic E-state index is 0.0776. The minimum atomic E-state index is -0.355. The van der Waals surface area contributed by atoms with Crippen molar-refractivity contribution >= 4 is 5.91 Å². The Morgan fingerprint density at radius 2 is 2.40 bits per heavy atom. The molecule has 0 bridgehead atoms. The highest BCUT2D eigenvalue weighted by Gasteiger charge is 2.08. The van der Waals surface area contributed by atoms with Gasteiger partial charge in [0, 0.05) is 13.7 Å². The van der Waals surface area contributed by atoms with E-state index in [9.17, 15) is 4.79 Å². The van der Waals surface area contributed by atoms with Crippen LogP contribution in [0.25, 0.3) is 0 Å². The van der Waals surface area contributed by atoms with Crippen LogP contribution in [0.4, 0.5) is 0 Å². The highest BCUT2D eigenvalue weighted by atomic mass is 16.5. The molecule has 0 aliphatic rings. The van der Waals surface area contributed by atoms with Gasteiger partial charge in [-0.1, -0.05) is 6.92 Å². The number of amides is 1. The van der Waals surface area contributed by atoms with Gasteiger partial charge in [0.25, 0.3) is 0 Å². The van der Waals surface area contributed by atoms with Crippen LogP contribution in [0.5, 0.6) is 0 Å². The summed E-state index contributed by atoms with van der Waals surface area (Å²) >= 11 is 0. The van der Waals surface area contributed by atoms with E-state index in [0.717, 1.165) is 0 Å². The van der Waals surface area contributed by atoms with Gasteiger partial charge in [-0.05, 0) is 13.3 Å². The number of ether oxygens (including phenoxy) is 1. The molecular formula is C7H14NO2. The van der Waals surface area contributed by atoms with Crippen LogP contribution in [0.15, 0.2) is 0 Å². The number of carbonyl (C=O) groups excluding carboxylic acids is 1. The van der Waals surface area contributed by atoms with E-state index in [-0.39, 0.29) is 12.0 Å². The SMILES string of the molecule is [CH2]CCNC(=O)C(C)OC. The van der Waals surface area contributed by atoms with Crippen LogP contribution in [-0.4, -0.2) is 25.7 Å². The summed E-state index contributed by atoms with van der Waals surface area (Å²) < 4.78 is 4.78. The zero-order chi connectivity index (χ0) is 7.98. The van der Waals surface area contributed by atoms with Crippen molar-refractivity contribution in [2.45, 2.75) is 19.4 Å². The second kappa shape index (κ2) is 5.23. The van der Waals surface area contributed by atoms with E-state index < -0.39 is 0 Å². The summed E-state index contributed by atoms with van der Waals surface area (Å²) in [5.74, 6) is -0.0776. The van der Waals surface area contributed by atoms with E-state index in [1.54, 1.807) is 6.92 Å². The molecule has 59 valence electrons. The number of hydrogen-bond donors (Lipinski definition) is 1. The first-order valence-corrected chi connectivity index (χ1v) is 3.32. The first-order valence-electron chi connectivity index (χ1n) is 3.32. The van der Waals surface area contributed by atoms with Crippen LogP contribution in [-0.2, 0) is 9.53 Å². The summed E-state index contributed by atoms with van der Waals surface area (Å²) in [7, 11) is 1.51. The molecule has 0 aromatic carbocycles. The molecule has 1 unspecified atom stereocenters. The molecule has 0 aromatic heterocycles. The van der Waals surface area contributed by atoms with Gasteiger partial charge in [-0.3, -0.25) is 4.79 Å². The van der Waals surface area contributed by atoms with Crippen LogP contribution in [0.3, 0.4) is 0 Å². The highest BCUT2D eigenvalue weighted by Crippen LogP contribution is 1.86. The Kier molecular flexibility index (Phi) is 4.94. The molecule has 1 radical (unpaired) electrons. The van der Waals surface area contributed by atoms with Crippen LogP contribution in [0.2, 0.25) is 0 Å². The Labute approximate surface area is 61.8 Å². The third-order valence-electron chi connectivity index (χ3n) is 1.20. The number of rotatable bonds is 4. The minimum Gasteiger partial charge on any atom is -0.372 e. The number of nitrogens with one attached hydrogen (secondary N) is 1.